The number of alkyl halides is 3. The summed E-state index contributed by atoms with van der Waals surface area (Å²) in [7, 11) is 2.87. The van der Waals surface area contributed by atoms with Crippen LogP contribution in [0.1, 0.15) is 0 Å². The summed E-state index contributed by atoms with van der Waals surface area (Å²) >= 11 is 0. The zero-order valence-corrected chi connectivity index (χ0v) is 12.4. The van der Waals surface area contributed by atoms with Crippen molar-refractivity contribution >= 4 is 17.6 Å². The molecule has 7 nitrogen and oxygen atoms in total. The maximum absolute atomic E-state index is 12.7. The molecule has 0 amide bonds. The lowest BCUT2D eigenvalue weighted by molar-refractivity contribution is -0.159. The van der Waals surface area contributed by atoms with Crippen LogP contribution in [-0.2, 0) is 9.59 Å². The molecule has 0 aromatic heterocycles. The van der Waals surface area contributed by atoms with Crippen LogP contribution in [0.5, 0.6) is 5.75 Å². The number of carboxylic acid groups (broad SMARTS) is 2. The first-order valence-corrected chi connectivity index (χ1v) is 6.14. The fourth-order valence-corrected chi connectivity index (χ4v) is 1.51. The number of hydrogen-bond acceptors (Lipinski definition) is 5. The van der Waals surface area contributed by atoms with Crippen molar-refractivity contribution in [3.05, 3.63) is 24.3 Å². The predicted molar refractivity (Wildman–Crippen MR) is 75.6 cm³/mol. The van der Waals surface area contributed by atoms with E-state index >= 15 is 0 Å². The predicted octanol–water partition coefficient (Wildman–Crippen LogP) is 1.18. The number of nitrogens with zero attached hydrogens (tertiary/aromatic N) is 1. The summed E-state index contributed by atoms with van der Waals surface area (Å²) in [6, 6.07) is 4.65. The number of rotatable bonds is 4. The van der Waals surface area contributed by atoms with Gasteiger partial charge in [0.25, 0.3) is 0 Å². The summed E-state index contributed by atoms with van der Waals surface area (Å²) in [6.07, 6.45) is -4.34. The summed E-state index contributed by atoms with van der Waals surface area (Å²) in [6.45, 7) is -0.480. The Balaban J connectivity index is 0.000000688. The van der Waals surface area contributed by atoms with E-state index in [-0.39, 0.29) is 0 Å². The topological polar surface area (TPSA) is 113 Å². The van der Waals surface area contributed by atoms with Crippen molar-refractivity contribution in [3.63, 3.8) is 0 Å². The molecule has 0 bridgehead atoms. The van der Waals surface area contributed by atoms with E-state index in [0.29, 0.717) is 11.4 Å². The lowest BCUT2D eigenvalue weighted by Gasteiger charge is -2.30. The lowest BCUT2D eigenvalue weighted by atomic mass is 10.2. The van der Waals surface area contributed by atoms with Crippen LogP contribution in [0, 0.1) is 0 Å². The molecule has 0 aliphatic heterocycles. The Bertz CT molecular complexity index is 507. The van der Waals surface area contributed by atoms with Gasteiger partial charge in [-0.25, -0.2) is 9.59 Å². The number of benzene rings is 1. The van der Waals surface area contributed by atoms with Crippen LogP contribution < -0.4 is 15.4 Å². The molecule has 23 heavy (non-hydrogen) atoms. The second-order valence-corrected chi connectivity index (χ2v) is 4.21. The van der Waals surface area contributed by atoms with E-state index in [1.807, 2.05) is 0 Å². The summed E-state index contributed by atoms with van der Waals surface area (Å²) in [5.74, 6) is -3.05. The molecule has 1 aromatic carbocycles. The Morgan fingerprint density at radius 1 is 1.22 bits per heavy atom. The van der Waals surface area contributed by atoms with E-state index in [1.165, 1.54) is 14.2 Å². The van der Waals surface area contributed by atoms with Crippen LogP contribution >= 0.6 is 0 Å². The number of anilines is 1. The van der Waals surface area contributed by atoms with Crippen molar-refractivity contribution in [1.29, 1.82) is 0 Å². The maximum atomic E-state index is 12.7. The number of carboxylic acids is 2. The van der Waals surface area contributed by atoms with Gasteiger partial charge in [-0.3, -0.25) is 0 Å². The maximum Gasteiger partial charge on any atom is 0.414 e. The second-order valence-electron chi connectivity index (χ2n) is 4.21. The first-order valence-electron chi connectivity index (χ1n) is 6.14. The third kappa shape index (κ3) is 6.87. The molecule has 1 aromatic rings. The molecule has 0 radical (unpaired) electrons. The zero-order chi connectivity index (χ0) is 18.2. The van der Waals surface area contributed by atoms with Crippen molar-refractivity contribution in [2.24, 2.45) is 5.73 Å². The van der Waals surface area contributed by atoms with Gasteiger partial charge in [-0.1, -0.05) is 0 Å². The fraction of sp³-hybridized carbons (Fsp3) is 0.385. The van der Waals surface area contributed by atoms with Crippen molar-refractivity contribution in [2.45, 2.75) is 12.2 Å². The van der Waals surface area contributed by atoms with Crippen molar-refractivity contribution in [2.75, 3.05) is 25.6 Å². The molecule has 0 saturated carbocycles. The van der Waals surface area contributed by atoms with Gasteiger partial charge in [0.05, 0.1) is 7.11 Å². The number of hydrogen-bond donors (Lipinski definition) is 3. The fourth-order valence-electron chi connectivity index (χ4n) is 1.51. The van der Waals surface area contributed by atoms with Gasteiger partial charge >= 0.3 is 18.1 Å². The number of likely N-dealkylation sites (N-methyl/N-ethyl adjacent to an activating group) is 1. The van der Waals surface area contributed by atoms with Gasteiger partial charge in [0.15, 0.2) is 0 Å². The molecule has 0 fully saturated rings. The SMILES string of the molecule is COc1ccc(N(C)C(CN)C(F)(F)F)cc1.O=C(O)C(=O)O. The minimum absolute atomic E-state index is 0.443. The Kier molecular flexibility index (Phi) is 7.88. The van der Waals surface area contributed by atoms with E-state index < -0.39 is 30.7 Å². The summed E-state index contributed by atoms with van der Waals surface area (Å²) < 4.78 is 42.9. The van der Waals surface area contributed by atoms with Gasteiger partial charge in [-0.15, -0.1) is 0 Å². The molecule has 1 rings (SSSR count). The third-order valence-electron chi connectivity index (χ3n) is 2.73. The van der Waals surface area contributed by atoms with Gasteiger partial charge in [0.2, 0.25) is 0 Å². The molecular formula is C13H17F3N2O5. The monoisotopic (exact) mass is 338 g/mol. The molecule has 4 N–H and O–H groups in total. The first kappa shape index (κ1) is 20.5. The molecule has 1 atom stereocenters. The van der Waals surface area contributed by atoms with Gasteiger partial charge in [-0.2, -0.15) is 13.2 Å². The summed E-state index contributed by atoms with van der Waals surface area (Å²) in [5.41, 5.74) is 5.61. The molecule has 10 heteroatoms. The van der Waals surface area contributed by atoms with Gasteiger partial charge < -0.3 is 25.6 Å². The lowest BCUT2D eigenvalue weighted by Crippen LogP contribution is -2.48. The third-order valence-corrected chi connectivity index (χ3v) is 2.73. The van der Waals surface area contributed by atoms with Crippen LogP contribution in [0.2, 0.25) is 0 Å². The molecule has 0 saturated heterocycles. The molecule has 0 aliphatic carbocycles. The van der Waals surface area contributed by atoms with Crippen LogP contribution in [0.25, 0.3) is 0 Å². The van der Waals surface area contributed by atoms with Crippen LogP contribution in [-0.4, -0.2) is 55.1 Å². The Labute approximate surface area is 130 Å². The highest BCUT2D eigenvalue weighted by atomic mass is 19.4. The molecule has 0 aliphatic rings. The largest absolute Gasteiger partial charge is 0.497 e. The molecule has 1 unspecified atom stereocenters. The van der Waals surface area contributed by atoms with Gasteiger partial charge in [-0.05, 0) is 24.3 Å². The average Bonchev–Trinajstić information content (AvgIpc) is 2.47. The van der Waals surface area contributed by atoms with E-state index in [2.05, 4.69) is 0 Å². The van der Waals surface area contributed by atoms with E-state index in [1.54, 1.807) is 24.3 Å². The van der Waals surface area contributed by atoms with Crippen LogP contribution in [0.3, 0.4) is 0 Å². The number of carbonyl (C=O) groups is 2. The quantitative estimate of drug-likeness (QED) is 0.706. The normalized spacial score (nSPS) is 11.7. The second kappa shape index (κ2) is 8.83. The molecule has 130 valence electrons. The highest BCUT2D eigenvalue weighted by Crippen LogP contribution is 2.28. The summed E-state index contributed by atoms with van der Waals surface area (Å²) in [4.78, 5) is 19.3. The number of aliphatic carboxylic acids is 2. The van der Waals surface area contributed by atoms with Crippen molar-refractivity contribution in [1.82, 2.24) is 0 Å². The molecule has 0 spiro atoms. The van der Waals surface area contributed by atoms with E-state index in [0.717, 1.165) is 4.90 Å². The number of nitrogens with two attached hydrogens (primary N) is 1. The van der Waals surface area contributed by atoms with Gasteiger partial charge in [0, 0.05) is 19.3 Å². The Morgan fingerprint density at radius 3 is 1.91 bits per heavy atom. The van der Waals surface area contributed by atoms with Crippen LogP contribution in [0.15, 0.2) is 24.3 Å². The molecular weight excluding hydrogens is 321 g/mol. The standard InChI is InChI=1S/C11H15F3N2O.C2H2O4/c1-16(10(7-15)11(12,13)14)8-3-5-9(17-2)6-4-8;3-1(4)2(5)6/h3-6,10H,7,15H2,1-2H3;(H,3,4)(H,5,6). The number of ether oxygens (including phenoxy) is 1. The zero-order valence-electron chi connectivity index (χ0n) is 12.4. The Morgan fingerprint density at radius 2 is 1.65 bits per heavy atom. The highest BCUT2D eigenvalue weighted by molar-refractivity contribution is 6.27. The van der Waals surface area contributed by atoms with Gasteiger partial charge in [0.1, 0.15) is 11.8 Å². The smallest absolute Gasteiger partial charge is 0.414 e. The summed E-state index contributed by atoms with van der Waals surface area (Å²) in [5, 5.41) is 14.8. The minimum atomic E-state index is -4.34. The minimum Gasteiger partial charge on any atom is -0.497 e. The van der Waals surface area contributed by atoms with E-state index in [4.69, 9.17) is 30.3 Å². The first-order chi connectivity index (χ1) is 10.5. The highest BCUT2D eigenvalue weighted by Gasteiger charge is 2.41. The van der Waals surface area contributed by atoms with E-state index in [9.17, 15) is 13.2 Å². The van der Waals surface area contributed by atoms with Crippen molar-refractivity contribution < 1.29 is 37.7 Å². The number of methoxy groups -OCH3 is 1. The van der Waals surface area contributed by atoms with Crippen LogP contribution in [0.4, 0.5) is 18.9 Å². The Hall–Kier alpha value is -2.49. The average molecular weight is 338 g/mol. The van der Waals surface area contributed by atoms with Crippen molar-refractivity contribution in [3.8, 4) is 5.75 Å². The molecule has 0 heterocycles. The number of halogens is 3.